The van der Waals surface area contributed by atoms with E-state index in [0.717, 1.165) is 12.8 Å². The highest BCUT2D eigenvalue weighted by Gasteiger charge is 2.64. The van der Waals surface area contributed by atoms with Crippen LogP contribution in [0, 0.1) is 27.6 Å². The van der Waals surface area contributed by atoms with Crippen molar-refractivity contribution in [3.8, 4) is 17.6 Å². The maximum Gasteiger partial charge on any atom is 0.328 e. The molecule has 0 spiro atoms. The van der Waals surface area contributed by atoms with Crippen LogP contribution in [0.25, 0.3) is 0 Å². The van der Waals surface area contributed by atoms with E-state index in [1.165, 1.54) is 12.0 Å². The second-order valence-corrected chi connectivity index (χ2v) is 17.0. The van der Waals surface area contributed by atoms with Gasteiger partial charge in [-0.15, -0.1) is 0 Å². The number of amides is 3. The second-order valence-electron chi connectivity index (χ2n) is 16.6. The van der Waals surface area contributed by atoms with Gasteiger partial charge in [-0.2, -0.15) is 5.26 Å². The lowest BCUT2D eigenvalue weighted by molar-refractivity contribution is -0.164. The summed E-state index contributed by atoms with van der Waals surface area (Å²) in [5, 5.41) is 25.6. The summed E-state index contributed by atoms with van der Waals surface area (Å²) in [5.74, 6) is -0.487. The molecule has 300 valence electrons. The van der Waals surface area contributed by atoms with Crippen LogP contribution in [0.3, 0.4) is 0 Å². The highest BCUT2D eigenvalue weighted by Crippen LogP contribution is 2.55. The van der Waals surface area contributed by atoms with Gasteiger partial charge in [0.2, 0.25) is 11.8 Å². The summed E-state index contributed by atoms with van der Waals surface area (Å²) in [5.41, 5.74) is -0.529. The maximum atomic E-state index is 13.4. The Morgan fingerprint density at radius 1 is 1.00 bits per heavy atom. The van der Waals surface area contributed by atoms with E-state index in [2.05, 4.69) is 38.3 Å². The molecule has 0 aromatic heterocycles. The minimum atomic E-state index is -0.931. The molecule has 2 fully saturated rings. The van der Waals surface area contributed by atoms with E-state index in [0.29, 0.717) is 47.3 Å². The van der Waals surface area contributed by atoms with E-state index in [1.807, 2.05) is 26.8 Å². The largest absolute Gasteiger partial charge is 0.494 e. The molecule has 13 nitrogen and oxygen atoms in total. The number of unbranched alkanes of at least 4 members (excludes halogenated alkanes) is 2. The SMILES string of the molecule is COC(=O)[C@@H]1C[C@@H](O)CN1C(=O)C(NC(=O)COCCCCCOc1ccc(C(=O)N[C@H]2C(C)(C)[C@H](Oc3ccc(C#N)c(Cl)c3)C2(C)C)cc1)C(C)(C)C. The summed E-state index contributed by atoms with van der Waals surface area (Å²) in [6.07, 6.45) is 1.28. The van der Waals surface area contributed by atoms with E-state index < -0.39 is 41.4 Å². The van der Waals surface area contributed by atoms with Gasteiger partial charge in [-0.25, -0.2) is 4.79 Å². The van der Waals surface area contributed by atoms with Gasteiger partial charge in [0.25, 0.3) is 5.91 Å². The van der Waals surface area contributed by atoms with Crippen LogP contribution in [0.4, 0.5) is 0 Å². The quantitative estimate of drug-likeness (QED) is 0.154. The fourth-order valence-electron chi connectivity index (χ4n) is 7.78. The molecule has 4 rings (SSSR count). The summed E-state index contributed by atoms with van der Waals surface area (Å²) in [4.78, 5) is 52.9. The van der Waals surface area contributed by atoms with Crippen LogP contribution in [0.2, 0.25) is 5.02 Å². The first-order chi connectivity index (χ1) is 25.8. The van der Waals surface area contributed by atoms with Crippen molar-refractivity contribution in [1.82, 2.24) is 15.5 Å². The number of nitrogens with one attached hydrogen (secondary N) is 2. The minimum absolute atomic E-state index is 0.0142. The standard InChI is InChI=1S/C41H55ClN4O9/c1-39(2,3)33(35(50)46-23-27(47)20-31(46)36(51)52-8)44-32(48)24-53-18-10-9-11-19-54-28-15-12-25(13-16-28)34(49)45-37-40(4,5)38(41(37,6)7)55-29-17-14-26(22-43)30(42)21-29/h12-17,21,27,31,33,37-38,47H,9-11,18-20,23-24H2,1-8H3,(H,44,48)(H,45,49)/t27-,31+,33?,37-,38-/m1/s1. The Morgan fingerprint density at radius 3 is 2.24 bits per heavy atom. The first-order valence-electron chi connectivity index (χ1n) is 18.6. The Labute approximate surface area is 329 Å². The molecule has 0 radical (unpaired) electrons. The monoisotopic (exact) mass is 782 g/mol. The van der Waals surface area contributed by atoms with E-state index in [9.17, 15) is 24.3 Å². The van der Waals surface area contributed by atoms with Crippen LogP contribution in [0.5, 0.6) is 11.5 Å². The lowest BCUT2D eigenvalue weighted by atomic mass is 9.49. The molecule has 3 N–H and O–H groups in total. The van der Waals surface area contributed by atoms with E-state index >= 15 is 0 Å². The number of benzene rings is 2. The molecule has 1 unspecified atom stereocenters. The van der Waals surface area contributed by atoms with Crippen molar-refractivity contribution in [3.05, 3.63) is 58.6 Å². The van der Waals surface area contributed by atoms with E-state index in [-0.39, 0.29) is 48.5 Å². The number of β-amino-alcohol motifs (C(OH)–C–C–N with tert-alkyl or cyclic N) is 1. The number of carbonyl (C=O) groups excluding carboxylic acids is 4. The summed E-state index contributed by atoms with van der Waals surface area (Å²) in [7, 11) is 1.23. The average molecular weight is 783 g/mol. The number of nitriles is 1. The number of carbonyl (C=O) groups is 4. The van der Waals surface area contributed by atoms with Gasteiger partial charge in [-0.05, 0) is 61.1 Å². The molecular formula is C41H55ClN4O9. The number of ether oxygens (including phenoxy) is 4. The second kappa shape index (κ2) is 18.0. The van der Waals surface area contributed by atoms with Gasteiger partial charge in [-0.3, -0.25) is 14.4 Å². The Kier molecular flexibility index (Phi) is 14.2. The number of likely N-dealkylation sites (tertiary alicyclic amines) is 1. The van der Waals surface area contributed by atoms with Gasteiger partial charge in [0, 0.05) is 48.1 Å². The molecule has 1 heterocycles. The van der Waals surface area contributed by atoms with E-state index in [1.54, 1.807) is 42.5 Å². The maximum absolute atomic E-state index is 13.4. The summed E-state index contributed by atoms with van der Waals surface area (Å²) >= 11 is 6.21. The van der Waals surface area contributed by atoms with Crippen molar-refractivity contribution < 1.29 is 43.2 Å². The van der Waals surface area contributed by atoms with Crippen molar-refractivity contribution in [2.45, 2.75) is 104 Å². The molecule has 55 heavy (non-hydrogen) atoms. The normalized spacial score (nSPS) is 21.7. The van der Waals surface area contributed by atoms with Crippen LogP contribution in [0.1, 0.15) is 90.1 Å². The van der Waals surface area contributed by atoms with Crippen molar-refractivity contribution in [2.24, 2.45) is 16.2 Å². The molecule has 3 amide bonds. The van der Waals surface area contributed by atoms with Gasteiger partial charge in [0.15, 0.2) is 0 Å². The van der Waals surface area contributed by atoms with Gasteiger partial charge in [-0.1, -0.05) is 60.1 Å². The third kappa shape index (κ3) is 10.5. The third-order valence-electron chi connectivity index (χ3n) is 10.4. The van der Waals surface area contributed by atoms with Crippen molar-refractivity contribution in [3.63, 3.8) is 0 Å². The van der Waals surface area contributed by atoms with Gasteiger partial charge < -0.3 is 39.6 Å². The number of hydrogen-bond donors (Lipinski definition) is 3. The molecule has 14 heteroatoms. The molecule has 1 saturated heterocycles. The number of hydrogen-bond acceptors (Lipinski definition) is 10. The molecule has 2 aliphatic rings. The summed E-state index contributed by atoms with van der Waals surface area (Å²) in [6.45, 7) is 14.2. The first-order valence-corrected chi connectivity index (χ1v) is 19.0. The minimum Gasteiger partial charge on any atom is -0.494 e. The predicted molar refractivity (Wildman–Crippen MR) is 206 cm³/mol. The number of nitrogens with zero attached hydrogens (tertiary/aromatic N) is 2. The van der Waals surface area contributed by atoms with Crippen molar-refractivity contribution >= 4 is 35.3 Å². The molecule has 2 aromatic rings. The number of methoxy groups -OCH3 is 1. The summed E-state index contributed by atoms with van der Waals surface area (Å²) < 4.78 is 22.6. The molecule has 1 aliphatic carbocycles. The number of esters is 1. The van der Waals surface area contributed by atoms with E-state index in [4.69, 9.17) is 35.8 Å². The zero-order chi connectivity index (χ0) is 40.7. The molecule has 1 aliphatic heterocycles. The van der Waals surface area contributed by atoms with Gasteiger partial charge in [0.05, 0.1) is 30.4 Å². The number of aliphatic hydroxyl groups is 1. The zero-order valence-electron chi connectivity index (χ0n) is 33.1. The number of rotatable bonds is 16. The van der Waals surface area contributed by atoms with Crippen LogP contribution in [-0.4, -0.2) is 97.5 Å². The fourth-order valence-corrected chi connectivity index (χ4v) is 8.00. The number of halogens is 1. The highest BCUT2D eigenvalue weighted by atomic mass is 35.5. The molecule has 3 atom stereocenters. The van der Waals surface area contributed by atoms with Crippen LogP contribution < -0.4 is 20.1 Å². The Balaban J connectivity index is 1.14. The molecule has 2 aromatic carbocycles. The summed E-state index contributed by atoms with van der Waals surface area (Å²) in [6, 6.07) is 12.1. The van der Waals surface area contributed by atoms with Crippen LogP contribution in [0.15, 0.2) is 42.5 Å². The highest BCUT2D eigenvalue weighted by molar-refractivity contribution is 6.31. The molecule has 1 saturated carbocycles. The van der Waals surface area contributed by atoms with Crippen molar-refractivity contribution in [1.29, 1.82) is 5.26 Å². The van der Waals surface area contributed by atoms with Crippen LogP contribution >= 0.6 is 11.6 Å². The van der Waals surface area contributed by atoms with Crippen molar-refractivity contribution in [2.75, 3.05) is 33.5 Å². The van der Waals surface area contributed by atoms with Gasteiger partial charge in [0.1, 0.15) is 42.4 Å². The lowest BCUT2D eigenvalue weighted by Gasteiger charge is -2.63. The Hall–Kier alpha value is -4.38. The van der Waals surface area contributed by atoms with Crippen LogP contribution in [-0.2, 0) is 23.9 Å². The Morgan fingerprint density at radius 2 is 1.64 bits per heavy atom. The molecule has 0 bridgehead atoms. The Bertz CT molecular complexity index is 1720. The lowest BCUT2D eigenvalue weighted by Crippen LogP contribution is -2.74. The topological polar surface area (TPSA) is 177 Å². The molecular weight excluding hydrogens is 728 g/mol. The fraction of sp³-hybridized carbons (Fsp3) is 0.585. The first kappa shape index (κ1) is 43.3. The predicted octanol–water partition coefficient (Wildman–Crippen LogP) is 5.06. The third-order valence-corrected chi connectivity index (χ3v) is 10.7. The zero-order valence-corrected chi connectivity index (χ0v) is 33.8. The smallest absolute Gasteiger partial charge is 0.328 e. The average Bonchev–Trinajstić information content (AvgIpc) is 3.53. The van der Waals surface area contributed by atoms with Gasteiger partial charge >= 0.3 is 5.97 Å². The number of aliphatic hydroxyl groups excluding tert-OH is 1.